The summed E-state index contributed by atoms with van der Waals surface area (Å²) in [7, 11) is 0. The lowest BCUT2D eigenvalue weighted by Crippen LogP contribution is -2.29. The smallest absolute Gasteiger partial charge is 0.336 e. The van der Waals surface area contributed by atoms with Crippen LogP contribution in [0.4, 0.5) is 0 Å². The Morgan fingerprint density at radius 2 is 2.23 bits per heavy atom. The molecule has 0 unspecified atom stereocenters. The van der Waals surface area contributed by atoms with E-state index < -0.39 is 30.1 Å². The lowest BCUT2D eigenvalue weighted by atomic mass is 9.86. The van der Waals surface area contributed by atoms with Crippen LogP contribution in [0.5, 0.6) is 0 Å². The van der Waals surface area contributed by atoms with Gasteiger partial charge in [-0.05, 0) is 32.3 Å². The van der Waals surface area contributed by atoms with Gasteiger partial charge in [-0.25, -0.2) is 9.59 Å². The second-order valence-electron chi connectivity index (χ2n) is 6.65. The fourth-order valence-electron chi connectivity index (χ4n) is 3.22. The number of rotatable bonds is 4. The van der Waals surface area contributed by atoms with E-state index in [1.165, 1.54) is 6.08 Å². The van der Waals surface area contributed by atoms with Gasteiger partial charge in [0.2, 0.25) is 0 Å². The van der Waals surface area contributed by atoms with Gasteiger partial charge in [-0.2, -0.15) is 0 Å². The minimum atomic E-state index is -0.947. The molecule has 26 heavy (non-hydrogen) atoms. The van der Waals surface area contributed by atoms with Gasteiger partial charge in [0.1, 0.15) is 12.7 Å². The van der Waals surface area contributed by atoms with Crippen LogP contribution in [0.1, 0.15) is 33.1 Å². The van der Waals surface area contributed by atoms with Crippen molar-refractivity contribution in [3.63, 3.8) is 0 Å². The van der Waals surface area contributed by atoms with Crippen LogP contribution in [-0.2, 0) is 19.1 Å². The summed E-state index contributed by atoms with van der Waals surface area (Å²) in [5.74, 6) is -1.58. The third-order valence-corrected chi connectivity index (χ3v) is 4.75. The fraction of sp³-hybridized carbons (Fsp3) is 0.500. The third-order valence-electron chi connectivity index (χ3n) is 4.75. The van der Waals surface area contributed by atoms with Crippen molar-refractivity contribution in [2.45, 2.75) is 45.3 Å². The topological polar surface area (TPSA) is 93.1 Å². The summed E-state index contributed by atoms with van der Waals surface area (Å²) in [4.78, 5) is 23.8. The zero-order valence-corrected chi connectivity index (χ0v) is 15.2. The molecule has 0 spiro atoms. The summed E-state index contributed by atoms with van der Waals surface area (Å²) in [6, 6.07) is 0. The molecule has 0 aromatic heterocycles. The molecule has 0 saturated carbocycles. The molecule has 1 fully saturated rings. The van der Waals surface area contributed by atoms with Crippen LogP contribution in [0.15, 0.2) is 47.1 Å². The van der Waals surface area contributed by atoms with Crippen LogP contribution in [-0.4, -0.2) is 47.6 Å². The van der Waals surface area contributed by atoms with E-state index in [0.717, 1.165) is 17.6 Å². The highest BCUT2D eigenvalue weighted by Crippen LogP contribution is 2.35. The number of fused-ring (bicyclic) bond motifs is 1. The van der Waals surface area contributed by atoms with Crippen LogP contribution < -0.4 is 0 Å². The molecule has 2 aliphatic rings. The van der Waals surface area contributed by atoms with Crippen LogP contribution in [0.25, 0.3) is 0 Å². The number of aliphatic hydroxyl groups excluding tert-OH is 2. The molecular weight excluding hydrogens is 336 g/mol. The molecule has 1 heterocycles. The Kier molecular flexibility index (Phi) is 6.94. The number of allylic oxidation sites excluding steroid dienone is 2. The summed E-state index contributed by atoms with van der Waals surface area (Å²) in [6.45, 7) is 7.00. The second-order valence-corrected chi connectivity index (χ2v) is 6.65. The fourth-order valence-corrected chi connectivity index (χ4v) is 3.22. The van der Waals surface area contributed by atoms with E-state index >= 15 is 0 Å². The number of carbonyl (C=O) groups excluding carboxylic acids is 2. The molecule has 0 bridgehead atoms. The van der Waals surface area contributed by atoms with E-state index in [1.54, 1.807) is 13.0 Å². The summed E-state index contributed by atoms with van der Waals surface area (Å²) in [5, 5.41) is 19.8. The largest absolute Gasteiger partial charge is 0.458 e. The number of aliphatic hydroxyl groups is 2. The van der Waals surface area contributed by atoms with Crippen LogP contribution in [0, 0.1) is 5.92 Å². The number of hydrogen-bond donors (Lipinski definition) is 2. The molecule has 0 amide bonds. The molecule has 142 valence electrons. The number of hydrogen-bond acceptors (Lipinski definition) is 6. The molecule has 1 aliphatic carbocycles. The van der Waals surface area contributed by atoms with Crippen LogP contribution >= 0.6 is 0 Å². The number of esters is 2. The summed E-state index contributed by atoms with van der Waals surface area (Å²) >= 11 is 0. The average Bonchev–Trinajstić information content (AvgIpc) is 2.87. The molecule has 1 saturated heterocycles. The first-order valence-corrected chi connectivity index (χ1v) is 8.73. The van der Waals surface area contributed by atoms with Crippen molar-refractivity contribution < 1.29 is 29.3 Å². The van der Waals surface area contributed by atoms with E-state index in [-0.39, 0.29) is 24.4 Å². The lowest BCUT2D eigenvalue weighted by Gasteiger charge is -2.23. The minimum absolute atomic E-state index is 0.0127. The van der Waals surface area contributed by atoms with Gasteiger partial charge in [-0.1, -0.05) is 30.4 Å². The summed E-state index contributed by atoms with van der Waals surface area (Å²) in [5.41, 5.74) is 2.27. The highest BCUT2D eigenvalue weighted by atomic mass is 16.6. The van der Waals surface area contributed by atoms with Crippen molar-refractivity contribution in [2.24, 2.45) is 5.92 Å². The molecule has 0 aromatic rings. The highest BCUT2D eigenvalue weighted by molar-refractivity contribution is 5.91. The van der Waals surface area contributed by atoms with Crippen molar-refractivity contribution in [2.75, 3.05) is 13.2 Å². The zero-order valence-electron chi connectivity index (χ0n) is 15.2. The van der Waals surface area contributed by atoms with Crippen molar-refractivity contribution in [1.82, 2.24) is 0 Å². The van der Waals surface area contributed by atoms with Gasteiger partial charge >= 0.3 is 11.9 Å². The van der Waals surface area contributed by atoms with E-state index in [0.29, 0.717) is 12.8 Å². The average molecular weight is 362 g/mol. The van der Waals surface area contributed by atoms with E-state index in [9.17, 15) is 14.7 Å². The Morgan fingerprint density at radius 3 is 2.88 bits per heavy atom. The van der Waals surface area contributed by atoms with Crippen molar-refractivity contribution in [1.29, 1.82) is 0 Å². The van der Waals surface area contributed by atoms with E-state index in [4.69, 9.17) is 14.6 Å². The van der Waals surface area contributed by atoms with Gasteiger partial charge in [0.05, 0.1) is 24.2 Å². The van der Waals surface area contributed by atoms with Gasteiger partial charge in [-0.3, -0.25) is 0 Å². The second kappa shape index (κ2) is 8.96. The molecule has 2 N–H and O–H groups in total. The van der Waals surface area contributed by atoms with E-state index in [2.05, 4.69) is 12.7 Å². The maximum Gasteiger partial charge on any atom is 0.336 e. The van der Waals surface area contributed by atoms with Crippen molar-refractivity contribution in [3.8, 4) is 0 Å². The Balaban J connectivity index is 2.18. The van der Waals surface area contributed by atoms with Gasteiger partial charge in [0.25, 0.3) is 0 Å². The van der Waals surface area contributed by atoms with Crippen molar-refractivity contribution in [3.05, 3.63) is 47.1 Å². The highest BCUT2D eigenvalue weighted by Gasteiger charge is 2.42. The van der Waals surface area contributed by atoms with Crippen molar-refractivity contribution >= 4 is 11.9 Å². The number of ether oxygens (including phenoxy) is 2. The zero-order chi connectivity index (χ0) is 19.3. The maximum absolute atomic E-state index is 11.9. The minimum Gasteiger partial charge on any atom is -0.458 e. The first-order chi connectivity index (χ1) is 12.4. The summed E-state index contributed by atoms with van der Waals surface area (Å²) in [6.07, 6.45) is 5.70. The Labute approximate surface area is 153 Å². The quantitative estimate of drug-likeness (QED) is 0.451. The molecule has 2 rings (SSSR count). The molecule has 3 atom stereocenters. The Morgan fingerprint density at radius 1 is 1.50 bits per heavy atom. The predicted molar refractivity (Wildman–Crippen MR) is 96.0 cm³/mol. The standard InChI is InChI=1S/C20H26O6/c1-4-15(10-21)20(24)25-11-14-7-5-6-12(2)8-17-18(16(22)9-14)13(3)19(23)26-17/h4,6,9,16-18,21-22H,3,5,7-8,10-11H2,1-2H3/b12-6+,14-9-,15-4+/t16-,17+,18+/m1/s1. The maximum atomic E-state index is 11.9. The normalized spacial score (nSPS) is 31.2. The molecule has 0 aromatic carbocycles. The van der Waals surface area contributed by atoms with E-state index in [1.807, 2.05) is 6.92 Å². The first kappa shape index (κ1) is 20.1. The molecular formula is C20H26O6. The van der Waals surface area contributed by atoms with Gasteiger partial charge in [0.15, 0.2) is 0 Å². The Hall–Kier alpha value is -2.18. The summed E-state index contributed by atoms with van der Waals surface area (Å²) < 4.78 is 10.6. The lowest BCUT2D eigenvalue weighted by molar-refractivity contribution is -0.140. The van der Waals surface area contributed by atoms with Gasteiger partial charge in [0, 0.05) is 12.0 Å². The van der Waals surface area contributed by atoms with Gasteiger partial charge < -0.3 is 19.7 Å². The van der Waals surface area contributed by atoms with Crippen LogP contribution in [0.2, 0.25) is 0 Å². The predicted octanol–water partition coefficient (Wildman–Crippen LogP) is 1.98. The van der Waals surface area contributed by atoms with Gasteiger partial charge in [-0.15, -0.1) is 0 Å². The SMILES string of the molecule is C=C1C(=O)O[C@H]2C/C(C)=C/CC/C(COC(=O)/C(=C/C)CO)=C/[C@@H](O)[C@H]12. The third kappa shape index (κ3) is 4.71. The van der Waals surface area contributed by atoms with Crippen LogP contribution in [0.3, 0.4) is 0 Å². The Bertz CT molecular complexity index is 670. The molecule has 6 heteroatoms. The monoisotopic (exact) mass is 362 g/mol. The molecule has 0 radical (unpaired) electrons. The number of carbonyl (C=O) groups is 2. The molecule has 6 nitrogen and oxygen atoms in total. The first-order valence-electron chi connectivity index (χ1n) is 8.73. The molecule has 1 aliphatic heterocycles.